The van der Waals surface area contributed by atoms with Crippen molar-refractivity contribution >= 4 is 23.8 Å². The second kappa shape index (κ2) is 5.99. The summed E-state index contributed by atoms with van der Waals surface area (Å²) in [5, 5.41) is 13.4. The molecule has 1 aliphatic heterocycles. The number of carboxylic acids is 1. The molecule has 8 nitrogen and oxygen atoms in total. The van der Waals surface area contributed by atoms with Crippen molar-refractivity contribution in [3.05, 3.63) is 0 Å². The van der Waals surface area contributed by atoms with Gasteiger partial charge >= 0.3 is 12.0 Å². The van der Waals surface area contributed by atoms with Crippen molar-refractivity contribution in [2.75, 3.05) is 13.1 Å². The highest BCUT2D eigenvalue weighted by Crippen LogP contribution is 2.01. The third-order valence-electron chi connectivity index (χ3n) is 2.52. The van der Waals surface area contributed by atoms with E-state index in [1.807, 2.05) is 0 Å². The minimum absolute atomic E-state index is 0.113. The first-order valence-corrected chi connectivity index (χ1v) is 5.53. The largest absolute Gasteiger partial charge is 0.481 e. The predicted octanol–water partition coefficient (Wildman–Crippen LogP) is -1.09. The Morgan fingerprint density at radius 2 is 2.17 bits per heavy atom. The summed E-state index contributed by atoms with van der Waals surface area (Å²) in [4.78, 5) is 45.3. The SMILES string of the molecule is CCC(CC(=O)O)NC(=O)CN1C(=O)CNC1=O. The van der Waals surface area contributed by atoms with E-state index in [4.69, 9.17) is 5.11 Å². The Hall–Kier alpha value is -2.12. The van der Waals surface area contributed by atoms with Gasteiger partial charge < -0.3 is 15.7 Å². The fourth-order valence-electron chi connectivity index (χ4n) is 1.54. The highest BCUT2D eigenvalue weighted by Gasteiger charge is 2.30. The normalized spacial score (nSPS) is 16.4. The molecule has 8 heteroatoms. The molecule has 0 aromatic carbocycles. The lowest BCUT2D eigenvalue weighted by molar-refractivity contribution is -0.138. The van der Waals surface area contributed by atoms with Crippen LogP contribution in [0.4, 0.5) is 4.79 Å². The van der Waals surface area contributed by atoms with E-state index in [2.05, 4.69) is 10.6 Å². The molecule has 3 N–H and O–H groups in total. The van der Waals surface area contributed by atoms with Gasteiger partial charge in [0.25, 0.3) is 5.91 Å². The third kappa shape index (κ3) is 3.72. The fourth-order valence-corrected chi connectivity index (χ4v) is 1.54. The second-order valence-corrected chi connectivity index (χ2v) is 3.91. The van der Waals surface area contributed by atoms with Gasteiger partial charge in [0.2, 0.25) is 5.91 Å². The number of amides is 4. The van der Waals surface area contributed by atoms with Gasteiger partial charge in [-0.15, -0.1) is 0 Å². The molecule has 1 fully saturated rings. The first-order valence-electron chi connectivity index (χ1n) is 5.53. The van der Waals surface area contributed by atoms with E-state index in [0.717, 1.165) is 4.90 Å². The summed E-state index contributed by atoms with van der Waals surface area (Å²) in [5.74, 6) is -2.04. The van der Waals surface area contributed by atoms with E-state index in [1.165, 1.54) is 0 Å². The first kappa shape index (κ1) is 13.9. The molecule has 0 bridgehead atoms. The molecule has 0 spiro atoms. The summed E-state index contributed by atoms with van der Waals surface area (Å²) in [6.45, 7) is 1.24. The Kier molecular flexibility index (Phi) is 4.64. The van der Waals surface area contributed by atoms with Crippen molar-refractivity contribution in [3.63, 3.8) is 0 Å². The maximum absolute atomic E-state index is 11.6. The van der Waals surface area contributed by atoms with Gasteiger partial charge in [-0.05, 0) is 6.42 Å². The van der Waals surface area contributed by atoms with Gasteiger partial charge in [-0.1, -0.05) is 6.92 Å². The highest BCUT2D eigenvalue weighted by atomic mass is 16.4. The van der Waals surface area contributed by atoms with Crippen molar-refractivity contribution < 1.29 is 24.3 Å². The topological polar surface area (TPSA) is 116 Å². The standard InChI is InChI=1S/C10H15N3O5/c1-2-6(3-9(16)17)12-7(14)5-13-8(15)4-11-10(13)18/h6H,2-5H2,1H3,(H,11,18)(H,12,14)(H,16,17). The van der Waals surface area contributed by atoms with Crippen molar-refractivity contribution in [1.82, 2.24) is 15.5 Å². The Labute approximate surface area is 103 Å². The maximum atomic E-state index is 11.6. The zero-order valence-corrected chi connectivity index (χ0v) is 9.93. The number of nitrogens with zero attached hydrogens (tertiary/aromatic N) is 1. The van der Waals surface area contributed by atoms with Crippen LogP contribution in [0.2, 0.25) is 0 Å². The number of aliphatic carboxylic acids is 1. The number of urea groups is 1. The van der Waals surface area contributed by atoms with E-state index >= 15 is 0 Å². The Morgan fingerprint density at radius 1 is 1.50 bits per heavy atom. The van der Waals surface area contributed by atoms with Crippen molar-refractivity contribution in [1.29, 1.82) is 0 Å². The second-order valence-electron chi connectivity index (χ2n) is 3.91. The van der Waals surface area contributed by atoms with Crippen LogP contribution in [-0.4, -0.2) is 53.0 Å². The number of carbonyl (C=O) groups excluding carboxylic acids is 3. The van der Waals surface area contributed by atoms with Crippen LogP contribution in [0.1, 0.15) is 19.8 Å². The summed E-state index contributed by atoms with van der Waals surface area (Å²) in [6, 6.07) is -1.11. The van der Waals surface area contributed by atoms with Gasteiger partial charge in [0.05, 0.1) is 13.0 Å². The number of hydrogen-bond acceptors (Lipinski definition) is 4. The molecule has 4 amide bonds. The number of nitrogens with one attached hydrogen (secondary N) is 2. The summed E-state index contributed by atoms with van der Waals surface area (Å²) in [5.41, 5.74) is 0. The lowest BCUT2D eigenvalue weighted by Gasteiger charge is -2.17. The van der Waals surface area contributed by atoms with Crippen LogP contribution in [0.25, 0.3) is 0 Å². The molecule has 1 aliphatic rings. The van der Waals surface area contributed by atoms with Crippen molar-refractivity contribution in [2.45, 2.75) is 25.8 Å². The van der Waals surface area contributed by atoms with Crippen LogP contribution >= 0.6 is 0 Å². The molecule has 0 radical (unpaired) electrons. The van der Waals surface area contributed by atoms with Gasteiger partial charge in [-0.25, -0.2) is 4.79 Å². The number of hydrogen-bond donors (Lipinski definition) is 3. The first-order chi connectivity index (χ1) is 8.43. The van der Waals surface area contributed by atoms with Gasteiger partial charge in [-0.2, -0.15) is 0 Å². The van der Waals surface area contributed by atoms with Gasteiger partial charge in [-0.3, -0.25) is 19.3 Å². The smallest absolute Gasteiger partial charge is 0.325 e. The number of carbonyl (C=O) groups is 4. The Balaban J connectivity index is 2.47. The summed E-state index contributed by atoms with van der Waals surface area (Å²) in [7, 11) is 0. The molecule has 0 saturated carbocycles. The Bertz CT molecular complexity index is 366. The van der Waals surface area contributed by atoms with Crippen LogP contribution < -0.4 is 10.6 Å². The zero-order chi connectivity index (χ0) is 13.7. The molecule has 1 atom stereocenters. The summed E-state index contributed by atoms with van der Waals surface area (Å²) < 4.78 is 0. The van der Waals surface area contributed by atoms with E-state index < -0.39 is 29.9 Å². The minimum Gasteiger partial charge on any atom is -0.481 e. The molecular formula is C10H15N3O5. The van der Waals surface area contributed by atoms with E-state index in [9.17, 15) is 19.2 Å². The number of rotatable bonds is 6. The molecule has 1 saturated heterocycles. The molecule has 100 valence electrons. The monoisotopic (exact) mass is 257 g/mol. The fraction of sp³-hybridized carbons (Fsp3) is 0.600. The van der Waals surface area contributed by atoms with Crippen LogP contribution in [0, 0.1) is 0 Å². The highest BCUT2D eigenvalue weighted by molar-refractivity contribution is 6.04. The number of carboxylic acid groups (broad SMARTS) is 1. The summed E-state index contributed by atoms with van der Waals surface area (Å²) in [6.07, 6.45) is 0.264. The lowest BCUT2D eigenvalue weighted by Crippen LogP contribution is -2.44. The van der Waals surface area contributed by atoms with Crippen LogP contribution in [0.5, 0.6) is 0 Å². The van der Waals surface area contributed by atoms with Crippen LogP contribution in [-0.2, 0) is 14.4 Å². The maximum Gasteiger partial charge on any atom is 0.325 e. The van der Waals surface area contributed by atoms with Crippen LogP contribution in [0.3, 0.4) is 0 Å². The quantitative estimate of drug-likeness (QED) is 0.523. The third-order valence-corrected chi connectivity index (χ3v) is 2.52. The average molecular weight is 257 g/mol. The number of imide groups is 1. The van der Waals surface area contributed by atoms with Gasteiger partial charge in [0.15, 0.2) is 0 Å². The van der Waals surface area contributed by atoms with E-state index in [0.29, 0.717) is 6.42 Å². The predicted molar refractivity (Wildman–Crippen MR) is 59.6 cm³/mol. The Morgan fingerprint density at radius 3 is 2.61 bits per heavy atom. The van der Waals surface area contributed by atoms with Crippen LogP contribution in [0.15, 0.2) is 0 Å². The van der Waals surface area contributed by atoms with Gasteiger partial charge in [0, 0.05) is 6.04 Å². The van der Waals surface area contributed by atoms with Crippen molar-refractivity contribution in [2.24, 2.45) is 0 Å². The zero-order valence-electron chi connectivity index (χ0n) is 9.93. The van der Waals surface area contributed by atoms with E-state index in [1.54, 1.807) is 6.92 Å². The molecule has 18 heavy (non-hydrogen) atoms. The lowest BCUT2D eigenvalue weighted by atomic mass is 10.1. The molecule has 0 aliphatic carbocycles. The molecular weight excluding hydrogens is 242 g/mol. The van der Waals surface area contributed by atoms with Gasteiger partial charge in [0.1, 0.15) is 6.54 Å². The molecule has 1 rings (SSSR count). The molecule has 0 aromatic heterocycles. The minimum atomic E-state index is -1.02. The van der Waals surface area contributed by atoms with E-state index in [-0.39, 0.29) is 19.5 Å². The summed E-state index contributed by atoms with van der Waals surface area (Å²) >= 11 is 0. The molecule has 1 unspecified atom stereocenters. The molecule has 0 aromatic rings. The average Bonchev–Trinajstić information content (AvgIpc) is 2.59. The molecule has 1 heterocycles. The van der Waals surface area contributed by atoms with Crippen molar-refractivity contribution in [3.8, 4) is 0 Å².